The Morgan fingerprint density at radius 2 is 2.36 bits per heavy atom. The molecular formula is C7H13NO3. The van der Waals surface area contributed by atoms with Gasteiger partial charge < -0.3 is 14.3 Å². The van der Waals surface area contributed by atoms with Crippen LogP contribution in [-0.4, -0.2) is 31.8 Å². The smallest absolute Gasteiger partial charge is 0.222 e. The number of nitrogens with zero attached hydrogens (tertiary/aromatic N) is 1. The second-order valence-electron chi connectivity index (χ2n) is 2.53. The molecule has 4 nitrogen and oxygen atoms in total. The minimum atomic E-state index is -0.0301. The summed E-state index contributed by atoms with van der Waals surface area (Å²) >= 11 is 0. The van der Waals surface area contributed by atoms with E-state index in [1.54, 1.807) is 14.0 Å². The summed E-state index contributed by atoms with van der Waals surface area (Å²) in [5, 5.41) is 3.68. The predicted molar refractivity (Wildman–Crippen MR) is 40.4 cm³/mol. The van der Waals surface area contributed by atoms with Crippen LogP contribution in [0.2, 0.25) is 0 Å². The maximum absolute atomic E-state index is 5.34. The fraction of sp³-hybridized carbons (Fsp3) is 0.857. The van der Waals surface area contributed by atoms with Gasteiger partial charge in [-0.3, -0.25) is 0 Å². The second-order valence-corrected chi connectivity index (χ2v) is 2.53. The highest BCUT2D eigenvalue weighted by molar-refractivity contribution is 5.73. The summed E-state index contributed by atoms with van der Waals surface area (Å²) in [4.78, 5) is 5.04. The van der Waals surface area contributed by atoms with Gasteiger partial charge in [0.15, 0.2) is 12.2 Å². The average molecular weight is 159 g/mol. The molecule has 0 fully saturated rings. The first-order chi connectivity index (χ1) is 5.24. The van der Waals surface area contributed by atoms with Gasteiger partial charge in [-0.1, -0.05) is 5.16 Å². The number of oxime groups is 1. The van der Waals surface area contributed by atoms with Gasteiger partial charge in [0, 0.05) is 14.0 Å². The fourth-order valence-corrected chi connectivity index (χ4v) is 0.895. The third-order valence-electron chi connectivity index (χ3n) is 1.52. The number of hydrogen-bond acceptors (Lipinski definition) is 4. The van der Waals surface area contributed by atoms with Gasteiger partial charge in [0.2, 0.25) is 5.90 Å². The zero-order valence-electron chi connectivity index (χ0n) is 7.03. The maximum atomic E-state index is 5.34. The van der Waals surface area contributed by atoms with Crippen molar-refractivity contribution in [2.75, 3.05) is 13.7 Å². The molecule has 0 aromatic rings. The zero-order valence-corrected chi connectivity index (χ0v) is 7.03. The summed E-state index contributed by atoms with van der Waals surface area (Å²) in [6, 6.07) is 0. The monoisotopic (exact) mass is 159 g/mol. The molecule has 1 aliphatic rings. The number of ether oxygens (including phenoxy) is 2. The quantitative estimate of drug-likeness (QED) is 0.597. The van der Waals surface area contributed by atoms with Gasteiger partial charge in [0.1, 0.15) is 0 Å². The first-order valence-corrected chi connectivity index (χ1v) is 3.60. The Bertz CT molecular complexity index is 158. The van der Waals surface area contributed by atoms with Crippen LogP contribution in [0.4, 0.5) is 0 Å². The van der Waals surface area contributed by atoms with Crippen LogP contribution in [0.25, 0.3) is 0 Å². The Morgan fingerprint density at radius 1 is 1.64 bits per heavy atom. The third-order valence-corrected chi connectivity index (χ3v) is 1.52. The Labute approximate surface area is 66.1 Å². The van der Waals surface area contributed by atoms with Crippen LogP contribution in [0.1, 0.15) is 13.8 Å². The lowest BCUT2D eigenvalue weighted by atomic mass is 10.2. The van der Waals surface area contributed by atoms with Crippen molar-refractivity contribution >= 4 is 5.90 Å². The van der Waals surface area contributed by atoms with Crippen LogP contribution in [0.3, 0.4) is 0 Å². The second kappa shape index (κ2) is 3.57. The molecule has 2 unspecified atom stereocenters. The third kappa shape index (κ3) is 2.08. The van der Waals surface area contributed by atoms with E-state index in [-0.39, 0.29) is 12.2 Å². The van der Waals surface area contributed by atoms with Crippen molar-refractivity contribution in [2.24, 2.45) is 5.16 Å². The molecule has 64 valence electrons. The molecule has 0 aliphatic carbocycles. The van der Waals surface area contributed by atoms with Gasteiger partial charge in [0.25, 0.3) is 0 Å². The molecule has 0 radical (unpaired) electrons. The summed E-state index contributed by atoms with van der Waals surface area (Å²) in [6.07, 6.45) is -0.0591. The molecule has 1 rings (SSSR count). The SMILES string of the molecule is COCC1OC(C)=NOC1C. The average Bonchev–Trinajstić information content (AvgIpc) is 1.98. The fourth-order valence-electron chi connectivity index (χ4n) is 0.895. The van der Waals surface area contributed by atoms with Gasteiger partial charge in [-0.25, -0.2) is 0 Å². The van der Waals surface area contributed by atoms with Gasteiger partial charge in [-0.05, 0) is 6.92 Å². The van der Waals surface area contributed by atoms with E-state index >= 15 is 0 Å². The van der Waals surface area contributed by atoms with E-state index in [1.165, 1.54) is 0 Å². The molecule has 0 saturated carbocycles. The van der Waals surface area contributed by atoms with Crippen molar-refractivity contribution in [1.29, 1.82) is 0 Å². The van der Waals surface area contributed by atoms with E-state index in [2.05, 4.69) is 5.16 Å². The highest BCUT2D eigenvalue weighted by Crippen LogP contribution is 2.10. The maximum Gasteiger partial charge on any atom is 0.222 e. The first kappa shape index (κ1) is 8.33. The minimum absolute atomic E-state index is 0.0290. The summed E-state index contributed by atoms with van der Waals surface area (Å²) in [6.45, 7) is 4.20. The van der Waals surface area contributed by atoms with Crippen molar-refractivity contribution in [3.63, 3.8) is 0 Å². The molecule has 2 atom stereocenters. The van der Waals surface area contributed by atoms with E-state index in [0.717, 1.165) is 0 Å². The Balaban J connectivity index is 2.46. The zero-order chi connectivity index (χ0) is 8.27. The molecular weight excluding hydrogens is 146 g/mol. The molecule has 0 saturated heterocycles. The molecule has 0 bridgehead atoms. The van der Waals surface area contributed by atoms with Crippen molar-refractivity contribution in [1.82, 2.24) is 0 Å². The molecule has 0 amide bonds. The summed E-state index contributed by atoms with van der Waals surface area (Å²) in [5.41, 5.74) is 0. The van der Waals surface area contributed by atoms with Gasteiger partial charge in [0.05, 0.1) is 6.61 Å². The Kier molecular flexibility index (Phi) is 2.70. The molecule has 0 aromatic carbocycles. The van der Waals surface area contributed by atoms with Crippen LogP contribution in [0, 0.1) is 0 Å². The minimum Gasteiger partial charge on any atom is -0.469 e. The summed E-state index contributed by atoms with van der Waals surface area (Å²) < 4.78 is 10.3. The van der Waals surface area contributed by atoms with Crippen molar-refractivity contribution in [3.05, 3.63) is 0 Å². The van der Waals surface area contributed by atoms with Crippen molar-refractivity contribution in [2.45, 2.75) is 26.1 Å². The van der Waals surface area contributed by atoms with E-state index < -0.39 is 0 Å². The van der Waals surface area contributed by atoms with E-state index in [9.17, 15) is 0 Å². The van der Waals surface area contributed by atoms with Crippen LogP contribution < -0.4 is 0 Å². The van der Waals surface area contributed by atoms with Crippen molar-refractivity contribution in [3.8, 4) is 0 Å². The normalized spacial score (nSPS) is 30.3. The van der Waals surface area contributed by atoms with Crippen LogP contribution in [0.5, 0.6) is 0 Å². The highest BCUT2D eigenvalue weighted by atomic mass is 16.7. The lowest BCUT2D eigenvalue weighted by Crippen LogP contribution is -2.37. The van der Waals surface area contributed by atoms with Crippen molar-refractivity contribution < 1.29 is 14.3 Å². The van der Waals surface area contributed by atoms with Crippen LogP contribution in [-0.2, 0) is 14.3 Å². The van der Waals surface area contributed by atoms with Crippen LogP contribution in [0.15, 0.2) is 5.16 Å². The number of methoxy groups -OCH3 is 1. The van der Waals surface area contributed by atoms with E-state index in [0.29, 0.717) is 12.5 Å². The number of hydrogen-bond donors (Lipinski definition) is 0. The molecule has 4 heteroatoms. The lowest BCUT2D eigenvalue weighted by molar-refractivity contribution is -0.0761. The Hall–Kier alpha value is -0.770. The standard InChI is InChI=1S/C7H13NO3/c1-5-7(4-9-3)10-6(2)8-11-5/h5,7H,4H2,1-3H3. The van der Waals surface area contributed by atoms with E-state index in [1.807, 2.05) is 6.92 Å². The van der Waals surface area contributed by atoms with Crippen LogP contribution >= 0.6 is 0 Å². The number of rotatable bonds is 2. The largest absolute Gasteiger partial charge is 0.469 e. The van der Waals surface area contributed by atoms with Gasteiger partial charge in [-0.15, -0.1) is 0 Å². The predicted octanol–water partition coefficient (Wildman–Crippen LogP) is 0.770. The highest BCUT2D eigenvalue weighted by Gasteiger charge is 2.24. The topological polar surface area (TPSA) is 40.0 Å². The molecule has 11 heavy (non-hydrogen) atoms. The summed E-state index contributed by atoms with van der Waals surface area (Å²) in [7, 11) is 1.64. The molecule has 1 aliphatic heterocycles. The molecule has 0 N–H and O–H groups in total. The first-order valence-electron chi connectivity index (χ1n) is 3.60. The lowest BCUT2D eigenvalue weighted by Gasteiger charge is -2.26. The molecule has 0 spiro atoms. The molecule has 0 aromatic heterocycles. The molecule has 1 heterocycles. The Morgan fingerprint density at radius 3 is 3.00 bits per heavy atom. The van der Waals surface area contributed by atoms with Gasteiger partial charge in [-0.2, -0.15) is 0 Å². The van der Waals surface area contributed by atoms with Gasteiger partial charge >= 0.3 is 0 Å². The summed E-state index contributed by atoms with van der Waals surface area (Å²) in [5.74, 6) is 0.560. The van der Waals surface area contributed by atoms with E-state index in [4.69, 9.17) is 14.3 Å².